The Labute approximate surface area is 168 Å². The first-order valence-electron chi connectivity index (χ1n) is 9.25. The molecule has 0 saturated carbocycles. The number of anilines is 1. The third kappa shape index (κ3) is 5.35. The van der Waals surface area contributed by atoms with Crippen molar-refractivity contribution in [2.24, 2.45) is 0 Å². The second-order valence-electron chi connectivity index (χ2n) is 6.32. The molecule has 0 bridgehead atoms. The van der Waals surface area contributed by atoms with Gasteiger partial charge in [-0.05, 0) is 30.3 Å². The fourth-order valence-corrected chi connectivity index (χ4v) is 2.78. The number of carbonyl (C=O) groups is 2. The molecule has 3 rings (SSSR count). The zero-order valence-electron chi connectivity index (χ0n) is 16.4. The summed E-state index contributed by atoms with van der Waals surface area (Å²) in [4.78, 5) is 28.1. The predicted octanol–water partition coefficient (Wildman–Crippen LogP) is 1.40. The van der Waals surface area contributed by atoms with Crippen LogP contribution in [0.25, 0.3) is 11.3 Å². The summed E-state index contributed by atoms with van der Waals surface area (Å²) in [5, 5.41) is 8.56. The van der Waals surface area contributed by atoms with E-state index in [1.807, 2.05) is 18.2 Å². The van der Waals surface area contributed by atoms with Crippen LogP contribution in [0.1, 0.15) is 17.3 Å². The van der Waals surface area contributed by atoms with E-state index in [1.54, 1.807) is 19.2 Å². The van der Waals surface area contributed by atoms with Crippen LogP contribution in [-0.2, 0) is 9.53 Å². The first kappa shape index (κ1) is 20.4. The zero-order chi connectivity index (χ0) is 20.6. The highest BCUT2D eigenvalue weighted by Crippen LogP contribution is 2.35. The molecular weight excluding hydrogens is 376 g/mol. The first-order valence-corrected chi connectivity index (χ1v) is 9.25. The number of rotatable bonds is 9. The molecule has 154 valence electrons. The number of nitrogens with one attached hydrogen (secondary N) is 3. The fourth-order valence-electron chi connectivity index (χ4n) is 2.78. The molecule has 2 aromatic rings. The molecule has 1 aliphatic rings. The van der Waals surface area contributed by atoms with Gasteiger partial charge in [-0.3, -0.25) is 9.59 Å². The van der Waals surface area contributed by atoms with E-state index in [2.05, 4.69) is 20.9 Å². The summed E-state index contributed by atoms with van der Waals surface area (Å²) in [6.45, 7) is 3.28. The van der Waals surface area contributed by atoms with Gasteiger partial charge in [-0.25, -0.2) is 4.98 Å². The van der Waals surface area contributed by atoms with E-state index >= 15 is 0 Å². The number of aromatic nitrogens is 1. The van der Waals surface area contributed by atoms with Gasteiger partial charge in [0, 0.05) is 39.2 Å². The average Bonchev–Trinajstić information content (AvgIpc) is 3.19. The minimum absolute atomic E-state index is 0.143. The average molecular weight is 400 g/mol. The molecule has 2 amide bonds. The molecule has 0 atom stereocenters. The second kappa shape index (κ2) is 9.74. The van der Waals surface area contributed by atoms with Crippen molar-refractivity contribution in [3.05, 3.63) is 35.9 Å². The van der Waals surface area contributed by atoms with Crippen molar-refractivity contribution in [1.29, 1.82) is 0 Å². The lowest BCUT2D eigenvalue weighted by atomic mass is 10.1. The molecule has 2 heterocycles. The number of hydrogen-bond donors (Lipinski definition) is 3. The third-order valence-corrected chi connectivity index (χ3v) is 4.19. The normalized spacial score (nSPS) is 11.8. The highest BCUT2D eigenvalue weighted by molar-refractivity contribution is 5.99. The summed E-state index contributed by atoms with van der Waals surface area (Å²) >= 11 is 0. The standard InChI is InChI=1S/C20H24N4O5/c1-13(25)21-7-8-23-20(26)15-4-5-16(24-19(15)22-9-10-27-2)14-3-6-17-18(11-14)29-12-28-17/h3-6,11H,7-10,12H2,1-2H3,(H,21,25)(H,22,24)(H,23,26). The largest absolute Gasteiger partial charge is 0.454 e. The maximum atomic E-state index is 12.6. The summed E-state index contributed by atoms with van der Waals surface area (Å²) in [5.74, 6) is 1.39. The van der Waals surface area contributed by atoms with Gasteiger partial charge in [0.2, 0.25) is 12.7 Å². The van der Waals surface area contributed by atoms with E-state index in [0.29, 0.717) is 54.8 Å². The molecular formula is C20H24N4O5. The van der Waals surface area contributed by atoms with Gasteiger partial charge in [0.25, 0.3) is 5.91 Å². The lowest BCUT2D eigenvalue weighted by molar-refractivity contribution is -0.118. The molecule has 9 heteroatoms. The van der Waals surface area contributed by atoms with Gasteiger partial charge in [-0.15, -0.1) is 0 Å². The van der Waals surface area contributed by atoms with Crippen LogP contribution in [0.4, 0.5) is 5.82 Å². The summed E-state index contributed by atoms with van der Waals surface area (Å²) < 4.78 is 15.8. The first-order chi connectivity index (χ1) is 14.1. The van der Waals surface area contributed by atoms with E-state index in [1.165, 1.54) is 6.92 Å². The third-order valence-electron chi connectivity index (χ3n) is 4.19. The molecule has 1 aliphatic heterocycles. The van der Waals surface area contributed by atoms with Crippen molar-refractivity contribution in [2.45, 2.75) is 6.92 Å². The Morgan fingerprint density at radius 3 is 2.66 bits per heavy atom. The van der Waals surface area contributed by atoms with Crippen molar-refractivity contribution in [3.8, 4) is 22.8 Å². The quantitative estimate of drug-likeness (QED) is 0.546. The van der Waals surface area contributed by atoms with Crippen molar-refractivity contribution in [2.75, 3.05) is 45.5 Å². The van der Waals surface area contributed by atoms with Gasteiger partial charge >= 0.3 is 0 Å². The lowest BCUT2D eigenvalue weighted by Crippen LogP contribution is -2.34. The van der Waals surface area contributed by atoms with Gasteiger partial charge in [0.1, 0.15) is 5.82 Å². The second-order valence-corrected chi connectivity index (χ2v) is 6.32. The Kier molecular flexibility index (Phi) is 6.85. The van der Waals surface area contributed by atoms with Crippen molar-refractivity contribution < 1.29 is 23.8 Å². The number of ether oxygens (including phenoxy) is 3. The maximum Gasteiger partial charge on any atom is 0.255 e. The Balaban J connectivity index is 1.78. The van der Waals surface area contributed by atoms with Gasteiger partial charge < -0.3 is 30.2 Å². The smallest absolute Gasteiger partial charge is 0.255 e. The highest BCUT2D eigenvalue weighted by atomic mass is 16.7. The lowest BCUT2D eigenvalue weighted by Gasteiger charge is -2.13. The Hall–Kier alpha value is -3.33. The predicted molar refractivity (Wildman–Crippen MR) is 107 cm³/mol. The molecule has 9 nitrogen and oxygen atoms in total. The molecule has 0 aliphatic carbocycles. The zero-order valence-corrected chi connectivity index (χ0v) is 16.4. The number of methoxy groups -OCH3 is 1. The van der Waals surface area contributed by atoms with E-state index < -0.39 is 0 Å². The molecule has 29 heavy (non-hydrogen) atoms. The van der Waals surface area contributed by atoms with Crippen molar-refractivity contribution in [1.82, 2.24) is 15.6 Å². The minimum atomic E-state index is -0.278. The maximum absolute atomic E-state index is 12.6. The van der Waals surface area contributed by atoms with Crippen LogP contribution < -0.4 is 25.4 Å². The molecule has 0 fully saturated rings. The highest BCUT2D eigenvalue weighted by Gasteiger charge is 2.17. The number of benzene rings is 1. The van der Waals surface area contributed by atoms with E-state index in [4.69, 9.17) is 14.2 Å². The van der Waals surface area contributed by atoms with Crippen molar-refractivity contribution >= 4 is 17.6 Å². The number of amides is 2. The Bertz CT molecular complexity index is 887. The summed E-state index contributed by atoms with van der Waals surface area (Å²) in [7, 11) is 1.60. The van der Waals surface area contributed by atoms with Crippen LogP contribution in [-0.4, -0.2) is 56.9 Å². The number of carbonyl (C=O) groups excluding carboxylic acids is 2. The van der Waals surface area contributed by atoms with Crippen LogP contribution >= 0.6 is 0 Å². The van der Waals surface area contributed by atoms with E-state index in [9.17, 15) is 9.59 Å². The van der Waals surface area contributed by atoms with E-state index in [0.717, 1.165) is 5.56 Å². The Morgan fingerprint density at radius 1 is 1.07 bits per heavy atom. The van der Waals surface area contributed by atoms with Gasteiger partial charge in [-0.1, -0.05) is 0 Å². The molecule has 0 radical (unpaired) electrons. The molecule has 0 spiro atoms. The number of nitrogens with zero attached hydrogens (tertiary/aromatic N) is 1. The topological polar surface area (TPSA) is 111 Å². The molecule has 3 N–H and O–H groups in total. The minimum Gasteiger partial charge on any atom is -0.454 e. The number of fused-ring (bicyclic) bond motifs is 1. The van der Waals surface area contributed by atoms with Crippen LogP contribution in [0.2, 0.25) is 0 Å². The summed E-state index contributed by atoms with van der Waals surface area (Å²) in [6.07, 6.45) is 0. The van der Waals surface area contributed by atoms with Gasteiger partial charge in [0.15, 0.2) is 11.5 Å². The number of hydrogen-bond acceptors (Lipinski definition) is 7. The van der Waals surface area contributed by atoms with Crippen LogP contribution in [0.15, 0.2) is 30.3 Å². The molecule has 1 aromatic heterocycles. The van der Waals surface area contributed by atoms with Crippen LogP contribution in [0.3, 0.4) is 0 Å². The number of pyridine rings is 1. The summed E-state index contributed by atoms with van der Waals surface area (Å²) in [5.41, 5.74) is 1.95. The van der Waals surface area contributed by atoms with Crippen molar-refractivity contribution in [3.63, 3.8) is 0 Å². The van der Waals surface area contributed by atoms with Gasteiger partial charge in [0.05, 0.1) is 17.9 Å². The van der Waals surface area contributed by atoms with Gasteiger partial charge in [-0.2, -0.15) is 0 Å². The van der Waals surface area contributed by atoms with E-state index in [-0.39, 0.29) is 18.6 Å². The Morgan fingerprint density at radius 2 is 1.86 bits per heavy atom. The summed E-state index contributed by atoms with van der Waals surface area (Å²) in [6, 6.07) is 9.08. The van der Waals surface area contributed by atoms with Crippen LogP contribution in [0.5, 0.6) is 11.5 Å². The monoisotopic (exact) mass is 400 g/mol. The SMILES string of the molecule is COCCNc1nc(-c2ccc3c(c2)OCO3)ccc1C(=O)NCCNC(C)=O. The molecule has 0 saturated heterocycles. The molecule has 0 unspecified atom stereocenters. The fraction of sp³-hybridized carbons (Fsp3) is 0.350. The molecule has 1 aromatic carbocycles. The van der Waals surface area contributed by atoms with Crippen LogP contribution in [0, 0.1) is 0 Å².